The minimum absolute atomic E-state index is 0.141. The van der Waals surface area contributed by atoms with Gasteiger partial charge < -0.3 is 49.5 Å². The number of carbonyl (C=O) groups is 3. The van der Waals surface area contributed by atoms with E-state index >= 15 is 0 Å². The molecule has 3 aliphatic heterocycles. The predicted octanol–water partition coefficient (Wildman–Crippen LogP) is 8.13. The van der Waals surface area contributed by atoms with Gasteiger partial charge in [-0.1, -0.05) is 72.8 Å². The van der Waals surface area contributed by atoms with E-state index in [0.717, 1.165) is 106 Å². The Balaban J connectivity index is 0.819. The van der Waals surface area contributed by atoms with Crippen molar-refractivity contribution in [3.8, 4) is 33.6 Å². The fourth-order valence-corrected chi connectivity index (χ4v) is 11.3. The number of ether oxygens (including phenoxy) is 3. The summed E-state index contributed by atoms with van der Waals surface area (Å²) in [6, 6.07) is 27.4. The number of likely N-dealkylation sites (tertiary alicyclic amines) is 3. The number of aliphatic hydroxyl groups is 2. The normalized spacial score (nSPS) is 20.0. The molecule has 6 aromatic rings. The van der Waals surface area contributed by atoms with Gasteiger partial charge in [-0.2, -0.15) is 0 Å². The molecule has 17 nitrogen and oxygen atoms in total. The van der Waals surface area contributed by atoms with Gasteiger partial charge in [0.2, 0.25) is 12.3 Å². The highest BCUT2D eigenvalue weighted by molar-refractivity contribution is 5.91. The molecule has 0 saturated carbocycles. The van der Waals surface area contributed by atoms with Crippen molar-refractivity contribution in [2.45, 2.75) is 115 Å². The molecule has 3 fully saturated rings. The van der Waals surface area contributed by atoms with Crippen LogP contribution in [0, 0.1) is 5.92 Å². The predicted molar refractivity (Wildman–Crippen MR) is 276 cm³/mol. The Bertz CT molecular complexity index is 2940. The first-order valence-electron chi connectivity index (χ1n) is 25.7. The van der Waals surface area contributed by atoms with Crippen molar-refractivity contribution in [2.24, 2.45) is 5.92 Å². The van der Waals surface area contributed by atoms with Gasteiger partial charge in [0.25, 0.3) is 0 Å². The van der Waals surface area contributed by atoms with Crippen LogP contribution in [-0.2, 0) is 31.8 Å². The SMILES string of the molecule is COC(=O)N[C@H](C(=O)N1CCC[C@H]1c1nc2c([nH]1)CCc1cc(-c3ccc4cc(-c5cnc([C@@H]6CCCN6C(O)[C@H](NC(O)OC)c6ccccc6)[nH]5)ccc4c3)ccc1-2)C1CCN(C(=O)OC(C)(C)C)CC1. The van der Waals surface area contributed by atoms with Gasteiger partial charge in [0.15, 0.2) is 0 Å². The second-order valence-electron chi connectivity index (χ2n) is 20.8. The number of nitrogens with zero attached hydrogens (tertiary/aromatic N) is 5. The number of methoxy groups -OCH3 is 2. The van der Waals surface area contributed by atoms with Crippen LogP contribution in [0.3, 0.4) is 0 Å². The van der Waals surface area contributed by atoms with E-state index in [2.05, 4.69) is 75.2 Å². The van der Waals surface area contributed by atoms with Gasteiger partial charge in [0.05, 0.1) is 42.8 Å². The van der Waals surface area contributed by atoms with Gasteiger partial charge in [-0.25, -0.2) is 19.6 Å². The number of hydrogen-bond donors (Lipinski definition) is 6. The zero-order chi connectivity index (χ0) is 51.0. The van der Waals surface area contributed by atoms with Gasteiger partial charge in [-0.3, -0.25) is 15.0 Å². The molecule has 6 atom stereocenters. The molecule has 6 N–H and O–H groups in total. The van der Waals surface area contributed by atoms with E-state index in [1.165, 1.54) is 19.8 Å². The fourth-order valence-electron chi connectivity index (χ4n) is 11.3. The first kappa shape index (κ1) is 49.9. The van der Waals surface area contributed by atoms with E-state index in [0.29, 0.717) is 39.0 Å². The molecule has 5 heterocycles. The Labute approximate surface area is 425 Å². The Hall–Kier alpha value is -6.63. The molecule has 1 aliphatic carbocycles. The summed E-state index contributed by atoms with van der Waals surface area (Å²) in [5, 5.41) is 30.2. The second-order valence-corrected chi connectivity index (χ2v) is 20.8. The van der Waals surface area contributed by atoms with Crippen molar-refractivity contribution in [3.05, 3.63) is 120 Å². The summed E-state index contributed by atoms with van der Waals surface area (Å²) in [6.45, 7) is 7.59. The molecule has 17 heteroatoms. The van der Waals surface area contributed by atoms with E-state index in [9.17, 15) is 24.6 Å². The summed E-state index contributed by atoms with van der Waals surface area (Å²) >= 11 is 0. The smallest absolute Gasteiger partial charge is 0.410 e. The summed E-state index contributed by atoms with van der Waals surface area (Å²) in [6.07, 6.45) is 4.63. The zero-order valence-electron chi connectivity index (χ0n) is 42.3. The quantitative estimate of drug-likeness (QED) is 0.0606. The van der Waals surface area contributed by atoms with Gasteiger partial charge in [-0.05, 0) is 123 Å². The molecule has 2 aromatic heterocycles. The van der Waals surface area contributed by atoms with Crippen LogP contribution >= 0.6 is 0 Å². The number of alkyl carbamates (subject to hydrolysis) is 1. The summed E-state index contributed by atoms with van der Waals surface area (Å²) in [5.41, 5.74) is 8.66. The number of benzene rings is 4. The average Bonchev–Trinajstić information content (AvgIpc) is 4.26. The van der Waals surface area contributed by atoms with Gasteiger partial charge >= 0.3 is 12.2 Å². The molecule has 3 saturated heterocycles. The number of aromatic amines is 2. The number of carbonyl (C=O) groups excluding carboxylic acids is 3. The van der Waals surface area contributed by atoms with E-state index < -0.39 is 36.4 Å². The lowest BCUT2D eigenvalue weighted by Crippen LogP contribution is -2.55. The van der Waals surface area contributed by atoms with E-state index in [1.54, 1.807) is 4.90 Å². The lowest BCUT2D eigenvalue weighted by atomic mass is 9.88. The second kappa shape index (κ2) is 21.1. The maximum absolute atomic E-state index is 14.5. The highest BCUT2D eigenvalue weighted by atomic mass is 16.6. The fraction of sp³-hybridized carbons (Fsp3) is 0.446. The van der Waals surface area contributed by atoms with Crippen molar-refractivity contribution < 1.29 is 38.8 Å². The first-order chi connectivity index (χ1) is 35.2. The summed E-state index contributed by atoms with van der Waals surface area (Å²) in [5.74, 6) is 1.19. The van der Waals surface area contributed by atoms with Gasteiger partial charge in [0.1, 0.15) is 29.5 Å². The molecule has 4 aliphatic rings. The van der Waals surface area contributed by atoms with Gasteiger partial charge in [0, 0.05) is 50.1 Å². The molecular weight excluding hydrogens is 927 g/mol. The molecule has 4 aromatic carbocycles. The third kappa shape index (κ3) is 10.6. The molecule has 0 radical (unpaired) electrons. The Morgan fingerprint density at radius 1 is 0.781 bits per heavy atom. The Morgan fingerprint density at radius 3 is 2.22 bits per heavy atom. The van der Waals surface area contributed by atoms with Crippen LogP contribution in [-0.4, -0.2) is 128 Å². The molecule has 384 valence electrons. The number of rotatable bonds is 13. The van der Waals surface area contributed by atoms with Crippen LogP contribution in [0.4, 0.5) is 9.59 Å². The number of fused-ring (bicyclic) bond motifs is 4. The van der Waals surface area contributed by atoms with Gasteiger partial charge in [-0.15, -0.1) is 0 Å². The lowest BCUT2D eigenvalue weighted by molar-refractivity contribution is -0.136. The molecule has 2 unspecified atom stereocenters. The van der Waals surface area contributed by atoms with Crippen molar-refractivity contribution in [3.63, 3.8) is 0 Å². The van der Waals surface area contributed by atoms with Crippen LogP contribution in [0.25, 0.3) is 44.4 Å². The summed E-state index contributed by atoms with van der Waals surface area (Å²) in [4.78, 5) is 62.7. The van der Waals surface area contributed by atoms with Crippen molar-refractivity contribution in [1.82, 2.24) is 45.3 Å². The number of amides is 3. The zero-order valence-corrected chi connectivity index (χ0v) is 42.3. The average molecular weight is 994 g/mol. The third-order valence-corrected chi connectivity index (χ3v) is 15.1. The maximum atomic E-state index is 14.5. The number of H-pyrrole nitrogens is 2. The van der Waals surface area contributed by atoms with E-state index in [-0.39, 0.29) is 30.0 Å². The molecule has 73 heavy (non-hydrogen) atoms. The van der Waals surface area contributed by atoms with Crippen LogP contribution in [0.2, 0.25) is 0 Å². The number of nitrogens with one attached hydrogen (secondary N) is 4. The highest BCUT2D eigenvalue weighted by Gasteiger charge is 2.42. The van der Waals surface area contributed by atoms with Crippen LogP contribution < -0.4 is 10.6 Å². The third-order valence-electron chi connectivity index (χ3n) is 15.1. The molecule has 0 spiro atoms. The van der Waals surface area contributed by atoms with Crippen LogP contribution in [0.1, 0.15) is 106 Å². The van der Waals surface area contributed by atoms with E-state index in [4.69, 9.17) is 24.2 Å². The van der Waals surface area contributed by atoms with Crippen LogP contribution in [0.5, 0.6) is 0 Å². The molecule has 0 bridgehead atoms. The number of imidazole rings is 2. The summed E-state index contributed by atoms with van der Waals surface area (Å²) < 4.78 is 15.7. The standard InChI is InChI=1S/C56H67N9O8/c1-56(2,3)73-55(70)63-27-23-34(24-28-63)47(62-54(69)72-5)52(67)65-26-10-14-45(65)50-58-42-22-20-39-30-38(19-21-41(39)48(42)60-50)35-15-16-37-31-40(18-17-36(37)29-35)43-32-57-49(59-43)44-13-9-25-64(44)51(66)46(61-53(68)71-4)33-11-7-6-8-12-33/h6-8,11-12,15-19,21,29-32,34,44-47,51,53,61,66,68H,9-10,13-14,20,22-28H2,1-5H3,(H,57,59)(H,58,60)(H,62,69)/t44-,45-,46+,47-,51?,53?/m0/s1. The van der Waals surface area contributed by atoms with E-state index in [1.807, 2.05) is 67.1 Å². The Kier molecular flexibility index (Phi) is 14.4. The minimum atomic E-state index is -1.24. The largest absolute Gasteiger partial charge is 0.453 e. The number of piperidine rings is 1. The molecule has 3 amide bonds. The summed E-state index contributed by atoms with van der Waals surface area (Å²) in [7, 11) is 2.71. The first-order valence-corrected chi connectivity index (χ1v) is 25.7. The Morgan fingerprint density at radius 2 is 1.48 bits per heavy atom. The number of hydrogen-bond acceptors (Lipinski definition) is 12. The van der Waals surface area contributed by atoms with Crippen LogP contribution in [0.15, 0.2) is 91.1 Å². The number of aromatic nitrogens is 4. The maximum Gasteiger partial charge on any atom is 0.410 e. The van der Waals surface area contributed by atoms with Crippen molar-refractivity contribution in [1.29, 1.82) is 0 Å². The topological polar surface area (TPSA) is 210 Å². The number of aliphatic hydroxyl groups excluding tert-OH is 2. The van der Waals surface area contributed by atoms with Crippen molar-refractivity contribution >= 4 is 28.9 Å². The molecule has 10 rings (SSSR count). The molecular formula is C56H67N9O8. The highest BCUT2D eigenvalue weighted by Crippen LogP contribution is 2.41. The minimum Gasteiger partial charge on any atom is -0.453 e. The van der Waals surface area contributed by atoms with Crippen molar-refractivity contribution in [2.75, 3.05) is 40.4 Å². The number of aryl methyl sites for hydroxylation is 2. The monoisotopic (exact) mass is 994 g/mol. The lowest BCUT2D eigenvalue weighted by Gasteiger charge is -2.38.